The number of rotatable bonds is 6. The number of nitrogens with one attached hydrogen (secondary N) is 1. The van der Waals surface area contributed by atoms with E-state index in [1.165, 1.54) is 24.1 Å². The molecule has 0 unspecified atom stereocenters. The molecule has 1 fully saturated rings. The lowest BCUT2D eigenvalue weighted by Gasteiger charge is -2.28. The van der Waals surface area contributed by atoms with E-state index in [4.69, 9.17) is 9.47 Å². The summed E-state index contributed by atoms with van der Waals surface area (Å²) in [5.74, 6) is -0.238. The highest BCUT2D eigenvalue weighted by molar-refractivity contribution is 5.86. The van der Waals surface area contributed by atoms with E-state index in [0.717, 1.165) is 0 Å². The van der Waals surface area contributed by atoms with Crippen LogP contribution in [-0.2, 0) is 16.1 Å². The van der Waals surface area contributed by atoms with Gasteiger partial charge < -0.3 is 19.5 Å². The van der Waals surface area contributed by atoms with Gasteiger partial charge in [-0.2, -0.15) is 8.78 Å². The van der Waals surface area contributed by atoms with Crippen molar-refractivity contribution in [3.05, 3.63) is 23.8 Å². The SMILES string of the molecule is COc1cc(CNC(=O)[C@@H]2CCCN2C(=O)OC(C)(C)C)ccc1OC(F)F. The molecular formula is C19H26F2N2O5. The van der Waals surface area contributed by atoms with E-state index in [1.54, 1.807) is 26.8 Å². The van der Waals surface area contributed by atoms with Crippen molar-refractivity contribution in [2.75, 3.05) is 13.7 Å². The molecule has 0 aliphatic carbocycles. The van der Waals surface area contributed by atoms with Crippen LogP contribution in [0.3, 0.4) is 0 Å². The number of carbonyl (C=O) groups is 2. The van der Waals surface area contributed by atoms with Crippen molar-refractivity contribution in [3.63, 3.8) is 0 Å². The highest BCUT2D eigenvalue weighted by Gasteiger charge is 2.36. The lowest BCUT2D eigenvalue weighted by molar-refractivity contribution is -0.125. The van der Waals surface area contributed by atoms with Crippen LogP contribution in [0.2, 0.25) is 0 Å². The standard InChI is InChI=1S/C19H26F2N2O5/c1-19(2,3)28-18(25)23-9-5-6-13(23)16(24)22-11-12-7-8-14(27-17(20)21)15(10-12)26-4/h7-8,10,13,17H,5-6,9,11H2,1-4H3,(H,22,24)/t13-/m0/s1. The smallest absolute Gasteiger partial charge is 0.410 e. The average Bonchev–Trinajstić information content (AvgIpc) is 3.08. The van der Waals surface area contributed by atoms with Crippen LogP contribution in [-0.4, -0.2) is 48.8 Å². The van der Waals surface area contributed by atoms with Crippen LogP contribution in [0.4, 0.5) is 13.6 Å². The van der Waals surface area contributed by atoms with E-state index in [9.17, 15) is 18.4 Å². The fourth-order valence-electron chi connectivity index (χ4n) is 2.90. The van der Waals surface area contributed by atoms with E-state index < -0.39 is 24.3 Å². The predicted octanol–water partition coefficient (Wildman–Crippen LogP) is 3.31. The van der Waals surface area contributed by atoms with Crippen molar-refractivity contribution in [2.24, 2.45) is 0 Å². The molecule has 2 amide bonds. The number of nitrogens with zero attached hydrogens (tertiary/aromatic N) is 1. The second-order valence-corrected chi connectivity index (χ2v) is 7.41. The highest BCUT2D eigenvalue weighted by Crippen LogP contribution is 2.29. The molecule has 0 saturated carbocycles. The van der Waals surface area contributed by atoms with E-state index >= 15 is 0 Å². The Kier molecular flexibility index (Phi) is 7.04. The number of benzene rings is 1. The number of methoxy groups -OCH3 is 1. The molecule has 0 radical (unpaired) electrons. The van der Waals surface area contributed by atoms with Gasteiger partial charge >= 0.3 is 12.7 Å². The molecule has 1 atom stereocenters. The summed E-state index contributed by atoms with van der Waals surface area (Å²) in [5, 5.41) is 2.77. The molecule has 1 aromatic rings. The zero-order valence-electron chi connectivity index (χ0n) is 16.5. The Labute approximate surface area is 162 Å². The zero-order chi connectivity index (χ0) is 20.9. The summed E-state index contributed by atoms with van der Waals surface area (Å²) in [5.41, 5.74) is 0.00729. The Bertz CT molecular complexity index is 706. The Morgan fingerprint density at radius 2 is 2.00 bits per heavy atom. The third-order valence-corrected chi connectivity index (χ3v) is 4.09. The Hall–Kier alpha value is -2.58. The number of halogens is 2. The predicted molar refractivity (Wildman–Crippen MR) is 97.4 cm³/mol. The van der Waals surface area contributed by atoms with Crippen molar-refractivity contribution < 1.29 is 32.6 Å². The van der Waals surface area contributed by atoms with Crippen LogP contribution >= 0.6 is 0 Å². The third-order valence-electron chi connectivity index (χ3n) is 4.09. The van der Waals surface area contributed by atoms with Gasteiger partial charge in [-0.25, -0.2) is 4.79 Å². The summed E-state index contributed by atoms with van der Waals surface area (Å²) in [6.07, 6.45) is 0.751. The minimum absolute atomic E-state index is 0.0838. The fourth-order valence-corrected chi connectivity index (χ4v) is 2.90. The minimum Gasteiger partial charge on any atom is -0.493 e. The first kappa shape index (κ1) is 21.7. The minimum atomic E-state index is -2.96. The molecule has 1 N–H and O–H groups in total. The monoisotopic (exact) mass is 400 g/mol. The molecule has 28 heavy (non-hydrogen) atoms. The van der Waals surface area contributed by atoms with Gasteiger partial charge in [0, 0.05) is 13.1 Å². The summed E-state index contributed by atoms with van der Waals surface area (Å²) >= 11 is 0. The number of hydrogen-bond donors (Lipinski definition) is 1. The molecule has 0 spiro atoms. The van der Waals surface area contributed by atoms with Gasteiger partial charge in [-0.05, 0) is 51.3 Å². The van der Waals surface area contributed by atoms with Crippen molar-refractivity contribution in [1.82, 2.24) is 10.2 Å². The van der Waals surface area contributed by atoms with Gasteiger partial charge in [-0.15, -0.1) is 0 Å². The molecule has 1 aliphatic rings. The quantitative estimate of drug-likeness (QED) is 0.793. The Morgan fingerprint density at radius 1 is 1.29 bits per heavy atom. The van der Waals surface area contributed by atoms with Crippen LogP contribution in [0.5, 0.6) is 11.5 Å². The summed E-state index contributed by atoms with van der Waals surface area (Å²) in [4.78, 5) is 26.3. The molecule has 156 valence electrons. The second kappa shape index (κ2) is 9.07. The molecular weight excluding hydrogens is 374 g/mol. The maximum atomic E-state index is 12.6. The van der Waals surface area contributed by atoms with Crippen molar-refractivity contribution in [1.29, 1.82) is 0 Å². The summed E-state index contributed by atoms with van der Waals surface area (Å²) in [6.45, 7) is 2.96. The van der Waals surface area contributed by atoms with E-state index in [0.29, 0.717) is 24.9 Å². The molecule has 1 saturated heterocycles. The maximum absolute atomic E-state index is 12.6. The molecule has 2 rings (SSSR count). The van der Waals surface area contributed by atoms with Gasteiger partial charge in [0.2, 0.25) is 5.91 Å². The van der Waals surface area contributed by atoms with E-state index in [2.05, 4.69) is 10.1 Å². The number of hydrogen-bond acceptors (Lipinski definition) is 5. The first-order chi connectivity index (χ1) is 13.1. The lowest BCUT2D eigenvalue weighted by atomic mass is 10.1. The maximum Gasteiger partial charge on any atom is 0.410 e. The Balaban J connectivity index is 1.98. The first-order valence-corrected chi connectivity index (χ1v) is 9.00. The summed E-state index contributed by atoms with van der Waals surface area (Å²) < 4.78 is 39.6. The fraction of sp³-hybridized carbons (Fsp3) is 0.579. The van der Waals surface area contributed by atoms with E-state index in [1.807, 2.05) is 0 Å². The number of amides is 2. The molecule has 1 heterocycles. The normalized spacial score (nSPS) is 16.8. The number of likely N-dealkylation sites (tertiary alicyclic amines) is 1. The number of carbonyl (C=O) groups excluding carboxylic acids is 2. The van der Waals surface area contributed by atoms with Crippen LogP contribution in [0.1, 0.15) is 39.2 Å². The summed E-state index contributed by atoms with van der Waals surface area (Å²) in [7, 11) is 1.34. The van der Waals surface area contributed by atoms with Crippen molar-refractivity contribution in [2.45, 2.75) is 58.4 Å². The largest absolute Gasteiger partial charge is 0.493 e. The van der Waals surface area contributed by atoms with E-state index in [-0.39, 0.29) is 24.0 Å². The molecule has 0 aromatic heterocycles. The van der Waals surface area contributed by atoms with Gasteiger partial charge in [0.15, 0.2) is 11.5 Å². The molecule has 0 bridgehead atoms. The van der Waals surface area contributed by atoms with Crippen molar-refractivity contribution in [3.8, 4) is 11.5 Å². The number of ether oxygens (including phenoxy) is 3. The van der Waals surface area contributed by atoms with Gasteiger partial charge in [0.25, 0.3) is 0 Å². The molecule has 9 heteroatoms. The second-order valence-electron chi connectivity index (χ2n) is 7.41. The van der Waals surface area contributed by atoms with Crippen LogP contribution in [0, 0.1) is 0 Å². The third kappa shape index (κ3) is 5.97. The molecule has 7 nitrogen and oxygen atoms in total. The number of alkyl halides is 2. The van der Waals surface area contributed by atoms with Crippen molar-refractivity contribution >= 4 is 12.0 Å². The van der Waals surface area contributed by atoms with Gasteiger partial charge in [0.1, 0.15) is 11.6 Å². The summed E-state index contributed by atoms with van der Waals surface area (Å²) in [6, 6.07) is 3.83. The van der Waals surface area contributed by atoms with Crippen LogP contribution in [0.15, 0.2) is 18.2 Å². The molecule has 1 aliphatic heterocycles. The van der Waals surface area contributed by atoms with Gasteiger partial charge in [0.05, 0.1) is 7.11 Å². The molecule has 1 aromatic carbocycles. The zero-order valence-corrected chi connectivity index (χ0v) is 16.5. The van der Waals surface area contributed by atoms with Crippen LogP contribution in [0.25, 0.3) is 0 Å². The highest BCUT2D eigenvalue weighted by atomic mass is 19.3. The Morgan fingerprint density at radius 3 is 2.61 bits per heavy atom. The average molecular weight is 400 g/mol. The van der Waals surface area contributed by atoms with Crippen LogP contribution < -0.4 is 14.8 Å². The lowest BCUT2D eigenvalue weighted by Crippen LogP contribution is -2.47. The topological polar surface area (TPSA) is 77.1 Å². The van der Waals surface area contributed by atoms with Gasteiger partial charge in [-0.3, -0.25) is 9.69 Å². The first-order valence-electron chi connectivity index (χ1n) is 9.00. The van der Waals surface area contributed by atoms with Gasteiger partial charge in [-0.1, -0.05) is 6.07 Å².